The normalized spacial score (nSPS) is 11.1. The molecule has 0 saturated heterocycles. The predicted octanol–water partition coefficient (Wildman–Crippen LogP) is 3.04. The Morgan fingerprint density at radius 3 is 2.79 bits per heavy atom. The number of para-hydroxylation sites is 1. The van der Waals surface area contributed by atoms with Crippen LogP contribution in [0.15, 0.2) is 24.3 Å². The van der Waals surface area contributed by atoms with Crippen LogP contribution in [0, 0.1) is 0 Å². The van der Waals surface area contributed by atoms with Gasteiger partial charge in [0.25, 0.3) is 0 Å². The number of rotatable bonds is 5. The Kier molecular flexibility index (Phi) is 4.84. The second-order valence-corrected chi connectivity index (χ2v) is 3.53. The summed E-state index contributed by atoms with van der Waals surface area (Å²) in [6.45, 7) is 0. The van der Waals surface area contributed by atoms with Crippen molar-refractivity contribution < 1.29 is 18.7 Å². The highest BCUT2D eigenvalue weighted by molar-refractivity contribution is 7.33. The summed E-state index contributed by atoms with van der Waals surface area (Å²) < 4.78 is 19.6. The molecular weight excluding hydrogens is 227 g/mol. The van der Waals surface area contributed by atoms with Gasteiger partial charge in [0, 0.05) is 10.1 Å². The maximum absolute atomic E-state index is 10.7. The van der Waals surface area contributed by atoms with Crippen LogP contribution in [0.3, 0.4) is 0 Å². The van der Waals surface area contributed by atoms with Crippen LogP contribution >= 0.6 is 19.9 Å². The minimum Gasteiger partial charge on any atom is -0.291 e. The first-order valence-electron chi connectivity index (χ1n) is 3.77. The summed E-state index contributed by atoms with van der Waals surface area (Å²) in [7, 11) is -0.975. The van der Waals surface area contributed by atoms with E-state index in [1.54, 1.807) is 18.2 Å². The molecule has 0 N–H and O–H groups in total. The van der Waals surface area contributed by atoms with Gasteiger partial charge in [-0.25, -0.2) is 0 Å². The van der Waals surface area contributed by atoms with Crippen LogP contribution in [0.2, 0.25) is 0 Å². The van der Waals surface area contributed by atoms with Crippen molar-refractivity contribution in [2.24, 2.45) is 0 Å². The Labute approximate surface area is 87.6 Å². The predicted molar refractivity (Wildman–Crippen MR) is 52.3 cm³/mol. The van der Waals surface area contributed by atoms with E-state index in [2.05, 4.69) is 9.20 Å². The second kappa shape index (κ2) is 5.94. The molecule has 0 radical (unpaired) electrons. The van der Waals surface area contributed by atoms with Gasteiger partial charge in [-0.05, 0) is 6.07 Å². The van der Waals surface area contributed by atoms with Crippen molar-refractivity contribution in [1.29, 1.82) is 0 Å². The molecule has 0 saturated carbocycles. The highest BCUT2D eigenvalue weighted by Gasteiger charge is 2.20. The van der Waals surface area contributed by atoms with Crippen LogP contribution in [-0.2, 0) is 19.6 Å². The van der Waals surface area contributed by atoms with Gasteiger partial charge in [-0.15, -0.1) is 16.1 Å². The highest BCUT2D eigenvalue weighted by Crippen LogP contribution is 2.26. The molecule has 0 bridgehead atoms. The van der Waals surface area contributed by atoms with E-state index in [4.69, 9.17) is 16.5 Å². The molecule has 0 aliphatic rings. The number of hydrogen-bond donors (Lipinski definition) is 0. The summed E-state index contributed by atoms with van der Waals surface area (Å²) in [6.07, 6.45) is 0. The molecule has 76 valence electrons. The molecule has 0 aliphatic carbocycles. The Hall–Kier alpha value is -0.670. The fourth-order valence-electron chi connectivity index (χ4n) is 0.797. The second-order valence-electron chi connectivity index (χ2n) is 2.31. The smallest absolute Gasteiger partial charge is 0.291 e. The lowest BCUT2D eigenvalue weighted by atomic mass is 10.2. The van der Waals surface area contributed by atoms with Crippen molar-refractivity contribution in [3.63, 3.8) is 0 Å². The Morgan fingerprint density at radius 2 is 2.14 bits per heavy atom. The molecule has 1 aromatic rings. The Bertz CT molecular complexity index is 318. The third-order valence-corrected chi connectivity index (χ3v) is 2.24. The molecule has 0 aliphatic heterocycles. The molecule has 0 amide bonds. The maximum Gasteiger partial charge on any atom is 0.738 e. The van der Waals surface area contributed by atoms with E-state index in [0.717, 1.165) is 5.56 Å². The van der Waals surface area contributed by atoms with Crippen LogP contribution in [0.5, 0.6) is 5.75 Å². The van der Waals surface area contributed by atoms with Crippen LogP contribution in [0.4, 0.5) is 0 Å². The first-order chi connectivity index (χ1) is 6.77. The van der Waals surface area contributed by atoms with Crippen molar-refractivity contribution in [2.45, 2.75) is 5.88 Å². The summed E-state index contributed by atoms with van der Waals surface area (Å²) >= 11 is 5.64. The lowest BCUT2D eigenvalue weighted by molar-refractivity contribution is -0.104. The molecule has 0 aromatic heterocycles. The molecule has 14 heavy (non-hydrogen) atoms. The van der Waals surface area contributed by atoms with E-state index in [-0.39, 0.29) is 0 Å². The van der Waals surface area contributed by atoms with Crippen molar-refractivity contribution in [2.75, 3.05) is 7.11 Å². The third kappa shape index (κ3) is 3.24. The van der Waals surface area contributed by atoms with Crippen LogP contribution in [0.25, 0.3) is 0 Å². The summed E-state index contributed by atoms with van der Waals surface area (Å²) in [5.74, 6) is 0.728. The molecule has 1 unspecified atom stereocenters. The SMILES string of the molecule is CO[P+](=O)OOc1ccccc1CCl. The van der Waals surface area contributed by atoms with Gasteiger partial charge in [-0.2, -0.15) is 0 Å². The zero-order chi connectivity index (χ0) is 10.4. The summed E-state index contributed by atoms with van der Waals surface area (Å²) in [4.78, 5) is 4.79. The van der Waals surface area contributed by atoms with E-state index in [9.17, 15) is 4.57 Å². The first kappa shape index (κ1) is 11.4. The van der Waals surface area contributed by atoms with Gasteiger partial charge in [0.05, 0.1) is 13.0 Å². The largest absolute Gasteiger partial charge is 0.738 e. The standard InChI is InChI=1S/C8H9ClO4P/c1-11-14(10)13-12-8-5-3-2-4-7(8)6-9/h2-5H,6H2,1H3/q+1. The quantitative estimate of drug-likeness (QED) is 0.341. The number of hydrogen-bond acceptors (Lipinski definition) is 4. The number of benzene rings is 1. The number of alkyl halides is 1. The van der Waals surface area contributed by atoms with E-state index in [1.807, 2.05) is 6.07 Å². The molecule has 0 heterocycles. The number of halogens is 1. The average Bonchev–Trinajstić information content (AvgIpc) is 2.26. The minimum absolute atomic E-state index is 0.295. The monoisotopic (exact) mass is 235 g/mol. The summed E-state index contributed by atoms with van der Waals surface area (Å²) in [6, 6.07) is 7.03. The van der Waals surface area contributed by atoms with Crippen molar-refractivity contribution in [1.82, 2.24) is 0 Å². The maximum atomic E-state index is 10.7. The first-order valence-corrected chi connectivity index (χ1v) is 5.40. The average molecular weight is 236 g/mol. The molecule has 4 nitrogen and oxygen atoms in total. The van der Waals surface area contributed by atoms with Crippen molar-refractivity contribution >= 4 is 19.9 Å². The Morgan fingerprint density at radius 1 is 1.43 bits per heavy atom. The van der Waals surface area contributed by atoms with Crippen molar-refractivity contribution in [3.05, 3.63) is 29.8 Å². The van der Waals surface area contributed by atoms with Gasteiger partial charge >= 0.3 is 8.25 Å². The van der Waals surface area contributed by atoms with E-state index < -0.39 is 8.25 Å². The molecule has 1 aromatic carbocycles. The summed E-state index contributed by atoms with van der Waals surface area (Å²) in [5.41, 5.74) is 0.758. The van der Waals surface area contributed by atoms with Gasteiger partial charge in [0.15, 0.2) is 5.75 Å². The van der Waals surface area contributed by atoms with Gasteiger partial charge in [0.1, 0.15) is 4.67 Å². The lowest BCUT2D eigenvalue weighted by Gasteiger charge is -2.00. The van der Waals surface area contributed by atoms with Gasteiger partial charge < -0.3 is 0 Å². The fraction of sp³-hybridized carbons (Fsp3) is 0.250. The molecule has 1 atom stereocenters. The molecule has 1 rings (SSSR count). The fourth-order valence-corrected chi connectivity index (χ4v) is 1.22. The zero-order valence-corrected chi connectivity index (χ0v) is 9.13. The topological polar surface area (TPSA) is 44.8 Å². The zero-order valence-electron chi connectivity index (χ0n) is 7.47. The molecule has 6 heteroatoms. The van der Waals surface area contributed by atoms with Crippen LogP contribution in [-0.4, -0.2) is 7.11 Å². The van der Waals surface area contributed by atoms with Crippen LogP contribution in [0.1, 0.15) is 5.56 Å². The molecular formula is C8H9ClO4P+. The highest BCUT2D eigenvalue weighted by atomic mass is 35.5. The molecule has 0 spiro atoms. The van der Waals surface area contributed by atoms with E-state index in [1.165, 1.54) is 7.11 Å². The van der Waals surface area contributed by atoms with E-state index >= 15 is 0 Å². The van der Waals surface area contributed by atoms with Crippen LogP contribution < -0.4 is 4.89 Å². The minimum atomic E-state index is -2.23. The van der Waals surface area contributed by atoms with Gasteiger partial charge in [0.2, 0.25) is 0 Å². The molecule has 0 fully saturated rings. The van der Waals surface area contributed by atoms with Gasteiger partial charge in [-0.1, -0.05) is 18.2 Å². The van der Waals surface area contributed by atoms with Crippen molar-refractivity contribution in [3.8, 4) is 5.75 Å². The van der Waals surface area contributed by atoms with Gasteiger partial charge in [-0.3, -0.25) is 4.89 Å². The Balaban J connectivity index is 2.61. The lowest BCUT2D eigenvalue weighted by Crippen LogP contribution is -1.93. The third-order valence-electron chi connectivity index (χ3n) is 1.45. The summed E-state index contributed by atoms with van der Waals surface area (Å²) in [5, 5.41) is 0. The van der Waals surface area contributed by atoms with E-state index in [0.29, 0.717) is 11.6 Å².